The van der Waals surface area contributed by atoms with Crippen LogP contribution in [-0.4, -0.2) is 27.2 Å². The number of benzene rings is 2. The summed E-state index contributed by atoms with van der Waals surface area (Å²) >= 11 is 0. The third-order valence-electron chi connectivity index (χ3n) is 3.44. The normalized spacial score (nSPS) is 10.0. The van der Waals surface area contributed by atoms with Crippen LogP contribution in [0.15, 0.2) is 42.5 Å². The Labute approximate surface area is 136 Å². The molecule has 0 saturated heterocycles. The van der Waals surface area contributed by atoms with E-state index >= 15 is 0 Å². The maximum atomic E-state index is 12.1. The lowest BCUT2D eigenvalue weighted by atomic mass is 10.1. The number of rotatable bonds is 7. The van der Waals surface area contributed by atoms with Crippen LogP contribution in [0.25, 0.3) is 0 Å². The van der Waals surface area contributed by atoms with Crippen LogP contribution in [0, 0.1) is 0 Å². The van der Waals surface area contributed by atoms with E-state index in [4.69, 9.17) is 14.2 Å². The molecule has 0 radical (unpaired) electrons. The largest absolute Gasteiger partial charge is 0.497 e. The Balaban J connectivity index is 1.94. The summed E-state index contributed by atoms with van der Waals surface area (Å²) < 4.78 is 15.6. The highest BCUT2D eigenvalue weighted by atomic mass is 16.5. The number of hydrogen-bond acceptors (Lipinski definition) is 4. The van der Waals surface area contributed by atoms with Crippen molar-refractivity contribution in [2.75, 3.05) is 21.3 Å². The number of carbonyl (C=O) groups excluding carboxylic acids is 1. The Morgan fingerprint density at radius 3 is 2.39 bits per heavy atom. The summed E-state index contributed by atoms with van der Waals surface area (Å²) in [6, 6.07) is 13.1. The summed E-state index contributed by atoms with van der Waals surface area (Å²) in [4.78, 5) is 12.1. The van der Waals surface area contributed by atoms with Gasteiger partial charge in [-0.15, -0.1) is 0 Å². The van der Waals surface area contributed by atoms with Gasteiger partial charge in [0, 0.05) is 6.54 Å². The molecule has 0 spiro atoms. The molecule has 2 aromatic carbocycles. The molecule has 0 unspecified atom stereocenters. The van der Waals surface area contributed by atoms with Crippen LogP contribution in [0.3, 0.4) is 0 Å². The summed E-state index contributed by atoms with van der Waals surface area (Å²) in [6.07, 6.45) is 0.282. The van der Waals surface area contributed by atoms with Crippen LogP contribution >= 0.6 is 0 Å². The van der Waals surface area contributed by atoms with Gasteiger partial charge in [-0.2, -0.15) is 0 Å². The van der Waals surface area contributed by atoms with Crippen molar-refractivity contribution in [3.8, 4) is 17.2 Å². The number of ether oxygens (including phenoxy) is 3. The van der Waals surface area contributed by atoms with Gasteiger partial charge in [-0.1, -0.05) is 18.2 Å². The molecule has 0 aliphatic rings. The molecule has 0 saturated carbocycles. The molecule has 0 fully saturated rings. The number of amides is 1. The molecule has 0 heterocycles. The first-order valence-electron chi connectivity index (χ1n) is 7.26. The fourth-order valence-electron chi connectivity index (χ4n) is 2.22. The summed E-state index contributed by atoms with van der Waals surface area (Å²) in [6.45, 7) is 0.462. The van der Waals surface area contributed by atoms with E-state index in [1.54, 1.807) is 27.4 Å². The van der Waals surface area contributed by atoms with Gasteiger partial charge in [0.1, 0.15) is 5.75 Å². The molecule has 0 atom stereocenters. The molecule has 5 nitrogen and oxygen atoms in total. The van der Waals surface area contributed by atoms with Gasteiger partial charge in [0.25, 0.3) is 0 Å². The van der Waals surface area contributed by atoms with Gasteiger partial charge in [0.05, 0.1) is 27.8 Å². The van der Waals surface area contributed by atoms with Crippen LogP contribution < -0.4 is 19.5 Å². The lowest BCUT2D eigenvalue weighted by Gasteiger charge is -2.10. The summed E-state index contributed by atoms with van der Waals surface area (Å²) in [5.74, 6) is 1.98. The van der Waals surface area contributed by atoms with Crippen molar-refractivity contribution in [1.29, 1.82) is 0 Å². The van der Waals surface area contributed by atoms with E-state index < -0.39 is 0 Å². The van der Waals surface area contributed by atoms with E-state index in [1.165, 1.54) is 0 Å². The first-order valence-corrected chi connectivity index (χ1v) is 7.26. The summed E-state index contributed by atoms with van der Waals surface area (Å²) in [5.41, 5.74) is 1.86. The average Bonchev–Trinajstić information content (AvgIpc) is 2.60. The lowest BCUT2D eigenvalue weighted by molar-refractivity contribution is -0.120. The Morgan fingerprint density at radius 1 is 0.913 bits per heavy atom. The van der Waals surface area contributed by atoms with E-state index in [0.717, 1.165) is 16.9 Å². The minimum absolute atomic E-state index is 0.0555. The average molecular weight is 315 g/mol. The van der Waals surface area contributed by atoms with Crippen molar-refractivity contribution in [1.82, 2.24) is 5.32 Å². The third-order valence-corrected chi connectivity index (χ3v) is 3.44. The van der Waals surface area contributed by atoms with Gasteiger partial charge in [0.15, 0.2) is 11.5 Å². The molecular formula is C18H21NO4. The monoisotopic (exact) mass is 315 g/mol. The summed E-state index contributed by atoms with van der Waals surface area (Å²) in [5, 5.41) is 2.90. The van der Waals surface area contributed by atoms with Crippen LogP contribution in [0.5, 0.6) is 17.2 Å². The van der Waals surface area contributed by atoms with E-state index in [-0.39, 0.29) is 12.3 Å². The molecule has 2 aromatic rings. The van der Waals surface area contributed by atoms with Crippen molar-refractivity contribution in [3.05, 3.63) is 53.6 Å². The van der Waals surface area contributed by atoms with Gasteiger partial charge < -0.3 is 19.5 Å². The zero-order chi connectivity index (χ0) is 16.7. The van der Waals surface area contributed by atoms with Crippen molar-refractivity contribution in [2.45, 2.75) is 13.0 Å². The number of hydrogen-bond donors (Lipinski definition) is 1. The first-order chi connectivity index (χ1) is 11.2. The zero-order valence-corrected chi connectivity index (χ0v) is 13.6. The highest BCUT2D eigenvalue weighted by Gasteiger charge is 2.08. The minimum atomic E-state index is -0.0555. The standard InChI is InChI=1S/C18H21NO4/c1-21-15-6-4-5-14(9-15)12-19-18(20)11-13-7-8-16(22-2)17(10-13)23-3/h4-10H,11-12H2,1-3H3,(H,19,20). The molecule has 2 rings (SSSR count). The van der Waals surface area contributed by atoms with E-state index in [1.807, 2.05) is 36.4 Å². The molecule has 0 aliphatic carbocycles. The number of carbonyl (C=O) groups is 1. The molecule has 5 heteroatoms. The Morgan fingerprint density at radius 2 is 1.70 bits per heavy atom. The molecule has 23 heavy (non-hydrogen) atoms. The summed E-state index contributed by atoms with van der Waals surface area (Å²) in [7, 11) is 4.78. The van der Waals surface area contributed by atoms with E-state index in [9.17, 15) is 4.79 Å². The maximum absolute atomic E-state index is 12.1. The highest BCUT2D eigenvalue weighted by Crippen LogP contribution is 2.27. The SMILES string of the molecule is COc1cccc(CNC(=O)Cc2ccc(OC)c(OC)c2)c1. The topological polar surface area (TPSA) is 56.8 Å². The van der Waals surface area contributed by atoms with E-state index in [0.29, 0.717) is 18.0 Å². The quantitative estimate of drug-likeness (QED) is 0.853. The predicted octanol–water partition coefficient (Wildman–Crippen LogP) is 2.57. The van der Waals surface area contributed by atoms with Gasteiger partial charge in [-0.25, -0.2) is 0 Å². The molecule has 0 aliphatic heterocycles. The second-order valence-corrected chi connectivity index (χ2v) is 4.99. The van der Waals surface area contributed by atoms with Gasteiger partial charge in [-0.3, -0.25) is 4.79 Å². The van der Waals surface area contributed by atoms with Gasteiger partial charge >= 0.3 is 0 Å². The second kappa shape index (κ2) is 8.08. The molecular weight excluding hydrogens is 294 g/mol. The minimum Gasteiger partial charge on any atom is -0.497 e. The van der Waals surface area contributed by atoms with Gasteiger partial charge in [0.2, 0.25) is 5.91 Å². The molecule has 0 bridgehead atoms. The fourth-order valence-corrected chi connectivity index (χ4v) is 2.22. The van der Waals surface area contributed by atoms with Crippen LogP contribution in [0.4, 0.5) is 0 Å². The second-order valence-electron chi connectivity index (χ2n) is 4.99. The van der Waals surface area contributed by atoms with E-state index in [2.05, 4.69) is 5.32 Å². The predicted molar refractivity (Wildman–Crippen MR) is 88.1 cm³/mol. The van der Waals surface area contributed by atoms with Crippen LogP contribution in [0.1, 0.15) is 11.1 Å². The smallest absolute Gasteiger partial charge is 0.224 e. The molecule has 1 amide bonds. The number of methoxy groups -OCH3 is 3. The third kappa shape index (κ3) is 4.64. The molecule has 122 valence electrons. The first kappa shape index (κ1) is 16.7. The van der Waals surface area contributed by atoms with Crippen molar-refractivity contribution < 1.29 is 19.0 Å². The molecule has 0 aromatic heterocycles. The van der Waals surface area contributed by atoms with Crippen molar-refractivity contribution >= 4 is 5.91 Å². The van der Waals surface area contributed by atoms with Crippen molar-refractivity contribution in [2.24, 2.45) is 0 Å². The lowest BCUT2D eigenvalue weighted by Crippen LogP contribution is -2.24. The molecule has 1 N–H and O–H groups in total. The maximum Gasteiger partial charge on any atom is 0.224 e. The highest BCUT2D eigenvalue weighted by molar-refractivity contribution is 5.78. The Bertz CT molecular complexity index is 670. The zero-order valence-electron chi connectivity index (χ0n) is 13.6. The Hall–Kier alpha value is -2.69. The fraction of sp³-hybridized carbons (Fsp3) is 0.278. The number of nitrogens with one attached hydrogen (secondary N) is 1. The Kier molecular flexibility index (Phi) is 5.86. The van der Waals surface area contributed by atoms with Crippen molar-refractivity contribution in [3.63, 3.8) is 0 Å². The van der Waals surface area contributed by atoms with Crippen LogP contribution in [0.2, 0.25) is 0 Å². The van der Waals surface area contributed by atoms with Gasteiger partial charge in [-0.05, 0) is 35.4 Å². The van der Waals surface area contributed by atoms with Crippen LogP contribution in [-0.2, 0) is 17.8 Å².